The number of methoxy groups -OCH3 is 1. The number of hydrogen-bond donors (Lipinski definition) is 1. The van der Waals surface area contributed by atoms with Gasteiger partial charge in [-0.2, -0.15) is 5.10 Å². The maximum absolute atomic E-state index is 12.8. The molecule has 1 fully saturated rings. The number of anilines is 1. The Bertz CT molecular complexity index is 1020. The highest BCUT2D eigenvalue weighted by Gasteiger charge is 2.49. The summed E-state index contributed by atoms with van der Waals surface area (Å²) in [5.74, 6) is 0.822. The molecule has 0 unspecified atom stereocenters. The molecule has 0 atom stereocenters. The van der Waals surface area contributed by atoms with Crippen molar-refractivity contribution in [1.29, 1.82) is 0 Å². The first-order valence-electron chi connectivity index (χ1n) is 9.37. The van der Waals surface area contributed by atoms with Crippen molar-refractivity contribution in [2.75, 3.05) is 12.4 Å². The van der Waals surface area contributed by atoms with E-state index in [4.69, 9.17) is 4.74 Å². The van der Waals surface area contributed by atoms with Crippen LogP contribution in [0.25, 0.3) is 16.9 Å². The molecule has 27 heavy (non-hydrogen) atoms. The van der Waals surface area contributed by atoms with Crippen molar-refractivity contribution in [2.45, 2.75) is 31.1 Å². The van der Waals surface area contributed by atoms with Gasteiger partial charge in [0.2, 0.25) is 5.91 Å². The van der Waals surface area contributed by atoms with Gasteiger partial charge in [0.25, 0.3) is 0 Å². The van der Waals surface area contributed by atoms with E-state index in [1.165, 1.54) is 0 Å². The lowest BCUT2D eigenvalue weighted by Gasteiger charge is -2.21. The summed E-state index contributed by atoms with van der Waals surface area (Å²) < 4.78 is 7.57. The Hall–Kier alpha value is -3.08. The van der Waals surface area contributed by atoms with Gasteiger partial charge in [-0.3, -0.25) is 4.79 Å². The topological polar surface area (TPSA) is 56.1 Å². The molecule has 5 nitrogen and oxygen atoms in total. The second kappa shape index (κ2) is 5.98. The van der Waals surface area contributed by atoms with Crippen LogP contribution in [-0.2, 0) is 10.2 Å². The van der Waals surface area contributed by atoms with Crippen LogP contribution in [0.15, 0.2) is 54.7 Å². The zero-order valence-corrected chi connectivity index (χ0v) is 15.2. The number of para-hydroxylation sites is 1. The minimum atomic E-state index is -0.407. The van der Waals surface area contributed by atoms with Gasteiger partial charge in [-0.05, 0) is 48.7 Å². The predicted octanol–water partition coefficient (Wildman–Crippen LogP) is 4.31. The zero-order valence-electron chi connectivity index (χ0n) is 15.2. The normalized spacial score (nSPS) is 17.1. The van der Waals surface area contributed by atoms with Crippen LogP contribution in [0.5, 0.6) is 5.75 Å². The molecule has 1 aromatic heterocycles. The van der Waals surface area contributed by atoms with E-state index in [9.17, 15) is 4.79 Å². The maximum atomic E-state index is 12.8. The molecule has 5 rings (SSSR count). The van der Waals surface area contributed by atoms with Gasteiger partial charge in [-0.25, -0.2) is 4.68 Å². The van der Waals surface area contributed by atoms with Crippen LogP contribution in [0.4, 0.5) is 5.69 Å². The average Bonchev–Trinajstić information content (AvgIpc) is 3.43. The van der Waals surface area contributed by atoms with Gasteiger partial charge in [-0.1, -0.05) is 31.0 Å². The molecule has 3 aromatic rings. The molecule has 1 saturated carbocycles. The van der Waals surface area contributed by atoms with Crippen LogP contribution in [0, 0.1) is 0 Å². The molecule has 136 valence electrons. The van der Waals surface area contributed by atoms with Crippen molar-refractivity contribution < 1.29 is 9.53 Å². The quantitative estimate of drug-likeness (QED) is 0.758. The molecule has 2 heterocycles. The second-order valence-electron chi connectivity index (χ2n) is 7.31. The van der Waals surface area contributed by atoms with E-state index in [1.54, 1.807) is 13.3 Å². The molecule has 0 bridgehead atoms. The minimum absolute atomic E-state index is 0.113. The molecule has 5 heteroatoms. The fourth-order valence-corrected chi connectivity index (χ4v) is 4.56. The lowest BCUT2D eigenvalue weighted by atomic mass is 9.79. The van der Waals surface area contributed by atoms with Crippen LogP contribution in [0.3, 0.4) is 0 Å². The molecule has 1 N–H and O–H groups in total. The van der Waals surface area contributed by atoms with Gasteiger partial charge in [0, 0.05) is 5.56 Å². The Labute approximate surface area is 158 Å². The van der Waals surface area contributed by atoms with E-state index < -0.39 is 5.41 Å². The van der Waals surface area contributed by atoms with Crippen LogP contribution in [0.2, 0.25) is 0 Å². The standard InChI is InChI=1S/C22H21N3O2/c1-27-19-14-15(18-9-12-23-25(18)16-7-3-2-4-8-16)13-17-20(19)24-21(26)22(17)10-5-6-11-22/h2-4,7-9,12-14H,5-6,10-11H2,1H3,(H,24,26). The molecule has 1 aliphatic heterocycles. The van der Waals surface area contributed by atoms with Gasteiger partial charge < -0.3 is 10.1 Å². The predicted molar refractivity (Wildman–Crippen MR) is 104 cm³/mol. The van der Waals surface area contributed by atoms with Crippen LogP contribution < -0.4 is 10.1 Å². The Kier molecular flexibility index (Phi) is 3.57. The number of amides is 1. The van der Waals surface area contributed by atoms with Gasteiger partial charge in [0.1, 0.15) is 5.75 Å². The minimum Gasteiger partial charge on any atom is -0.495 e. The number of nitrogens with one attached hydrogen (secondary N) is 1. The van der Waals surface area contributed by atoms with Crippen molar-refractivity contribution in [1.82, 2.24) is 9.78 Å². The maximum Gasteiger partial charge on any atom is 0.235 e. The van der Waals surface area contributed by atoms with Crippen molar-refractivity contribution in [3.8, 4) is 22.7 Å². The number of carbonyl (C=O) groups excluding carboxylic acids is 1. The number of rotatable bonds is 3. The third-order valence-electron chi connectivity index (χ3n) is 5.91. The molecule has 0 saturated heterocycles. The summed E-state index contributed by atoms with van der Waals surface area (Å²) in [5, 5.41) is 7.59. The van der Waals surface area contributed by atoms with Gasteiger partial charge >= 0.3 is 0 Å². The fraction of sp³-hybridized carbons (Fsp3) is 0.273. The first-order valence-corrected chi connectivity index (χ1v) is 9.37. The van der Waals surface area contributed by atoms with Crippen molar-refractivity contribution in [3.63, 3.8) is 0 Å². The lowest BCUT2D eigenvalue weighted by molar-refractivity contribution is -0.120. The molecular weight excluding hydrogens is 338 g/mol. The number of fused-ring (bicyclic) bond motifs is 2. The first-order chi connectivity index (χ1) is 13.2. The summed E-state index contributed by atoms with van der Waals surface area (Å²) in [6.45, 7) is 0. The molecule has 1 aliphatic carbocycles. The number of aromatic nitrogens is 2. The van der Waals surface area contributed by atoms with E-state index in [1.807, 2.05) is 47.1 Å². The second-order valence-corrected chi connectivity index (χ2v) is 7.31. The van der Waals surface area contributed by atoms with Crippen LogP contribution >= 0.6 is 0 Å². The highest BCUT2D eigenvalue weighted by Crippen LogP contribution is 2.52. The Balaban J connectivity index is 1.70. The van der Waals surface area contributed by atoms with Crippen LogP contribution in [-0.4, -0.2) is 22.8 Å². The monoisotopic (exact) mass is 359 g/mol. The average molecular weight is 359 g/mol. The SMILES string of the molecule is COc1cc(-c2ccnn2-c2ccccc2)cc2c1NC(=O)C21CCCC1. The molecule has 2 aromatic carbocycles. The summed E-state index contributed by atoms with van der Waals surface area (Å²) in [6.07, 6.45) is 5.77. The molecule has 1 amide bonds. The number of ether oxygens (including phenoxy) is 1. The smallest absolute Gasteiger partial charge is 0.235 e. The summed E-state index contributed by atoms with van der Waals surface area (Å²) in [4.78, 5) is 12.8. The van der Waals surface area contributed by atoms with Crippen LogP contribution in [0.1, 0.15) is 31.2 Å². The van der Waals surface area contributed by atoms with E-state index >= 15 is 0 Å². The largest absolute Gasteiger partial charge is 0.495 e. The molecule has 2 aliphatic rings. The van der Waals surface area contributed by atoms with Gasteiger partial charge in [-0.15, -0.1) is 0 Å². The molecular formula is C22H21N3O2. The first kappa shape index (κ1) is 16.1. The number of hydrogen-bond acceptors (Lipinski definition) is 3. The summed E-state index contributed by atoms with van der Waals surface area (Å²) in [7, 11) is 1.65. The van der Waals surface area contributed by atoms with Crippen molar-refractivity contribution >= 4 is 11.6 Å². The van der Waals surface area contributed by atoms with E-state index in [-0.39, 0.29) is 5.91 Å². The number of benzene rings is 2. The highest BCUT2D eigenvalue weighted by atomic mass is 16.5. The van der Waals surface area contributed by atoms with E-state index in [2.05, 4.69) is 16.5 Å². The Morgan fingerprint density at radius 1 is 1.11 bits per heavy atom. The van der Waals surface area contributed by atoms with E-state index in [0.717, 1.165) is 53.9 Å². The van der Waals surface area contributed by atoms with E-state index in [0.29, 0.717) is 5.75 Å². The third-order valence-corrected chi connectivity index (χ3v) is 5.91. The third kappa shape index (κ3) is 2.31. The lowest BCUT2D eigenvalue weighted by Crippen LogP contribution is -2.30. The summed E-state index contributed by atoms with van der Waals surface area (Å²) in [6, 6.07) is 16.2. The molecule has 0 radical (unpaired) electrons. The van der Waals surface area contributed by atoms with Gasteiger partial charge in [0.05, 0.1) is 35.8 Å². The number of carbonyl (C=O) groups is 1. The van der Waals surface area contributed by atoms with Crippen molar-refractivity contribution in [2.24, 2.45) is 0 Å². The highest BCUT2D eigenvalue weighted by molar-refractivity contribution is 6.08. The Morgan fingerprint density at radius 3 is 2.63 bits per heavy atom. The van der Waals surface area contributed by atoms with Gasteiger partial charge in [0.15, 0.2) is 0 Å². The summed E-state index contributed by atoms with van der Waals surface area (Å²) >= 11 is 0. The molecule has 1 spiro atoms. The number of nitrogens with zero attached hydrogens (tertiary/aromatic N) is 2. The Morgan fingerprint density at radius 2 is 1.89 bits per heavy atom. The summed E-state index contributed by atoms with van der Waals surface area (Å²) in [5.41, 5.74) is 4.49. The van der Waals surface area contributed by atoms with Crippen molar-refractivity contribution in [3.05, 3.63) is 60.3 Å². The zero-order chi connectivity index (χ0) is 18.4. The fourth-order valence-electron chi connectivity index (χ4n) is 4.56.